The summed E-state index contributed by atoms with van der Waals surface area (Å²) in [5, 5.41) is 8.03. The maximum atomic E-state index is 13.3. The van der Waals surface area contributed by atoms with Crippen molar-refractivity contribution in [1.82, 2.24) is 9.78 Å². The standard InChI is InChI=1S/C13H13Cl3FN3/c1-3-10-12(16)11(20(2)19-10)6-18-7-4-8(14)13(17)9(15)5-7/h4-5,18H,3,6H2,1-2H3. The van der Waals surface area contributed by atoms with Crippen LogP contribution in [0.1, 0.15) is 18.3 Å². The smallest absolute Gasteiger partial charge is 0.160 e. The van der Waals surface area contributed by atoms with Gasteiger partial charge in [-0.1, -0.05) is 41.7 Å². The number of aryl methyl sites for hydroxylation is 2. The molecule has 2 aromatic rings. The van der Waals surface area contributed by atoms with Crippen LogP contribution in [0.5, 0.6) is 0 Å². The third-order valence-electron chi connectivity index (χ3n) is 2.95. The first kappa shape index (κ1) is 15.4. The average Bonchev–Trinajstić information content (AvgIpc) is 2.68. The molecule has 0 saturated carbocycles. The van der Waals surface area contributed by atoms with Crippen molar-refractivity contribution in [2.24, 2.45) is 7.05 Å². The van der Waals surface area contributed by atoms with Crippen molar-refractivity contribution >= 4 is 40.5 Å². The summed E-state index contributed by atoms with van der Waals surface area (Å²) in [6, 6.07) is 2.96. The van der Waals surface area contributed by atoms with E-state index in [1.807, 2.05) is 14.0 Å². The normalized spacial score (nSPS) is 10.9. The molecule has 108 valence electrons. The molecule has 20 heavy (non-hydrogen) atoms. The molecule has 1 aromatic heterocycles. The van der Waals surface area contributed by atoms with Crippen LogP contribution in [0.4, 0.5) is 10.1 Å². The minimum atomic E-state index is -0.620. The van der Waals surface area contributed by atoms with Gasteiger partial charge in [0.2, 0.25) is 0 Å². The molecule has 0 radical (unpaired) electrons. The lowest BCUT2D eigenvalue weighted by Crippen LogP contribution is -2.06. The van der Waals surface area contributed by atoms with E-state index in [1.54, 1.807) is 4.68 Å². The van der Waals surface area contributed by atoms with Crippen LogP contribution in [0, 0.1) is 5.82 Å². The molecule has 0 spiro atoms. The Hall–Kier alpha value is -0.970. The number of anilines is 1. The number of hydrogen-bond acceptors (Lipinski definition) is 2. The van der Waals surface area contributed by atoms with Crippen LogP contribution < -0.4 is 5.32 Å². The first-order valence-corrected chi connectivity index (χ1v) is 7.16. The Morgan fingerprint density at radius 3 is 2.35 bits per heavy atom. The maximum Gasteiger partial charge on any atom is 0.160 e. The summed E-state index contributed by atoms with van der Waals surface area (Å²) in [6.45, 7) is 2.44. The molecular formula is C13H13Cl3FN3. The van der Waals surface area contributed by atoms with Gasteiger partial charge >= 0.3 is 0 Å². The quantitative estimate of drug-likeness (QED) is 0.821. The lowest BCUT2D eigenvalue weighted by Gasteiger charge is -2.09. The second-order valence-electron chi connectivity index (χ2n) is 4.29. The predicted molar refractivity (Wildman–Crippen MR) is 81.3 cm³/mol. The summed E-state index contributed by atoms with van der Waals surface area (Å²) < 4.78 is 15.0. The highest BCUT2D eigenvalue weighted by molar-refractivity contribution is 6.35. The zero-order valence-corrected chi connectivity index (χ0v) is 13.2. The first-order chi connectivity index (χ1) is 9.43. The number of hydrogen-bond donors (Lipinski definition) is 1. The fourth-order valence-corrected chi connectivity index (χ4v) is 2.70. The van der Waals surface area contributed by atoms with Gasteiger partial charge in [-0.2, -0.15) is 5.10 Å². The van der Waals surface area contributed by atoms with Gasteiger partial charge in [-0.25, -0.2) is 4.39 Å². The monoisotopic (exact) mass is 335 g/mol. The molecule has 0 saturated heterocycles. The minimum Gasteiger partial charge on any atom is -0.379 e. The zero-order chi connectivity index (χ0) is 14.9. The van der Waals surface area contributed by atoms with Gasteiger partial charge in [0.1, 0.15) is 0 Å². The summed E-state index contributed by atoms with van der Waals surface area (Å²) in [5.41, 5.74) is 2.32. The Balaban J connectivity index is 2.19. The Kier molecular flexibility index (Phi) is 4.78. The van der Waals surface area contributed by atoms with E-state index in [4.69, 9.17) is 34.8 Å². The highest BCUT2D eigenvalue weighted by Crippen LogP contribution is 2.28. The number of aromatic nitrogens is 2. The van der Waals surface area contributed by atoms with Crippen LogP contribution in [0.25, 0.3) is 0 Å². The van der Waals surface area contributed by atoms with E-state index in [2.05, 4.69) is 10.4 Å². The van der Waals surface area contributed by atoms with Crippen molar-refractivity contribution in [3.63, 3.8) is 0 Å². The molecule has 0 aliphatic carbocycles. The highest BCUT2D eigenvalue weighted by Gasteiger charge is 2.13. The lowest BCUT2D eigenvalue weighted by atomic mass is 10.2. The molecule has 0 aliphatic rings. The molecule has 1 N–H and O–H groups in total. The van der Waals surface area contributed by atoms with Crippen LogP contribution in [0.2, 0.25) is 15.1 Å². The number of halogens is 4. The van der Waals surface area contributed by atoms with E-state index in [0.29, 0.717) is 17.3 Å². The second kappa shape index (κ2) is 6.20. The van der Waals surface area contributed by atoms with Crippen molar-refractivity contribution in [3.05, 3.63) is 44.4 Å². The van der Waals surface area contributed by atoms with Crippen molar-refractivity contribution in [2.75, 3.05) is 5.32 Å². The van der Waals surface area contributed by atoms with Crippen LogP contribution in [0.15, 0.2) is 12.1 Å². The molecule has 0 aliphatic heterocycles. The number of rotatable bonds is 4. The SMILES string of the molecule is CCc1nn(C)c(CNc2cc(Cl)c(F)c(Cl)c2)c1Cl. The number of benzene rings is 1. The molecule has 0 bridgehead atoms. The summed E-state index contributed by atoms with van der Waals surface area (Å²) in [6.07, 6.45) is 0.765. The number of nitrogens with one attached hydrogen (secondary N) is 1. The summed E-state index contributed by atoms with van der Waals surface area (Å²) in [5.74, 6) is -0.620. The molecule has 0 fully saturated rings. The zero-order valence-electron chi connectivity index (χ0n) is 11.0. The Morgan fingerprint density at radius 1 is 1.25 bits per heavy atom. The molecule has 0 amide bonds. The van der Waals surface area contributed by atoms with E-state index in [9.17, 15) is 4.39 Å². The van der Waals surface area contributed by atoms with Gasteiger partial charge in [0, 0.05) is 12.7 Å². The Morgan fingerprint density at radius 2 is 1.85 bits per heavy atom. The summed E-state index contributed by atoms with van der Waals surface area (Å²) >= 11 is 17.7. The topological polar surface area (TPSA) is 29.9 Å². The third-order valence-corrected chi connectivity index (χ3v) is 3.93. The van der Waals surface area contributed by atoms with E-state index in [-0.39, 0.29) is 10.0 Å². The maximum absolute atomic E-state index is 13.3. The van der Waals surface area contributed by atoms with Crippen molar-refractivity contribution in [1.29, 1.82) is 0 Å². The van der Waals surface area contributed by atoms with Crippen LogP contribution in [-0.2, 0) is 20.0 Å². The minimum absolute atomic E-state index is 0.0228. The molecule has 0 atom stereocenters. The van der Waals surface area contributed by atoms with Crippen LogP contribution in [0.3, 0.4) is 0 Å². The summed E-state index contributed by atoms with van der Waals surface area (Å²) in [4.78, 5) is 0. The van der Waals surface area contributed by atoms with Gasteiger partial charge in [-0.15, -0.1) is 0 Å². The Labute approximate surface area is 131 Å². The highest BCUT2D eigenvalue weighted by atomic mass is 35.5. The largest absolute Gasteiger partial charge is 0.379 e. The molecule has 3 nitrogen and oxygen atoms in total. The number of nitrogens with zero attached hydrogens (tertiary/aromatic N) is 2. The lowest BCUT2D eigenvalue weighted by molar-refractivity contribution is 0.629. The molecular weight excluding hydrogens is 324 g/mol. The van der Waals surface area contributed by atoms with Crippen LogP contribution >= 0.6 is 34.8 Å². The van der Waals surface area contributed by atoms with E-state index in [0.717, 1.165) is 17.8 Å². The molecule has 2 rings (SSSR count). The predicted octanol–water partition coefficient (Wildman–Crippen LogP) is 4.69. The van der Waals surface area contributed by atoms with Crippen molar-refractivity contribution in [2.45, 2.75) is 19.9 Å². The fraction of sp³-hybridized carbons (Fsp3) is 0.308. The average molecular weight is 337 g/mol. The van der Waals surface area contributed by atoms with Gasteiger partial charge in [0.25, 0.3) is 0 Å². The van der Waals surface area contributed by atoms with Gasteiger partial charge in [0.15, 0.2) is 5.82 Å². The Bertz CT molecular complexity index is 617. The van der Waals surface area contributed by atoms with Crippen molar-refractivity contribution in [3.8, 4) is 0 Å². The van der Waals surface area contributed by atoms with Crippen molar-refractivity contribution < 1.29 is 4.39 Å². The van der Waals surface area contributed by atoms with Gasteiger partial charge in [-0.3, -0.25) is 4.68 Å². The van der Waals surface area contributed by atoms with E-state index in [1.165, 1.54) is 12.1 Å². The van der Waals surface area contributed by atoms with Crippen LogP contribution in [-0.4, -0.2) is 9.78 Å². The second-order valence-corrected chi connectivity index (χ2v) is 5.48. The fourth-order valence-electron chi connectivity index (χ4n) is 1.86. The summed E-state index contributed by atoms with van der Waals surface area (Å²) in [7, 11) is 1.83. The van der Waals surface area contributed by atoms with Gasteiger partial charge < -0.3 is 5.32 Å². The molecule has 7 heteroatoms. The van der Waals surface area contributed by atoms with Gasteiger partial charge in [-0.05, 0) is 18.6 Å². The van der Waals surface area contributed by atoms with Gasteiger partial charge in [0.05, 0.1) is 33.0 Å². The van der Waals surface area contributed by atoms with E-state index >= 15 is 0 Å². The molecule has 0 unspecified atom stereocenters. The first-order valence-electron chi connectivity index (χ1n) is 6.02. The molecule has 1 heterocycles. The van der Waals surface area contributed by atoms with E-state index < -0.39 is 5.82 Å². The molecule has 1 aromatic carbocycles. The third kappa shape index (κ3) is 3.03.